The van der Waals surface area contributed by atoms with Crippen molar-refractivity contribution in [3.63, 3.8) is 0 Å². The third-order valence-electron chi connectivity index (χ3n) is 5.02. The van der Waals surface area contributed by atoms with Crippen LogP contribution in [0.25, 0.3) is 27.2 Å². The minimum Gasteiger partial charge on any atom is -0.494 e. The summed E-state index contributed by atoms with van der Waals surface area (Å²) in [6, 6.07) is 18.8. The van der Waals surface area contributed by atoms with Crippen LogP contribution in [0.3, 0.4) is 0 Å². The number of fused-ring (bicyclic) bond motifs is 1. The summed E-state index contributed by atoms with van der Waals surface area (Å²) in [6.45, 7) is 1.79. The summed E-state index contributed by atoms with van der Waals surface area (Å²) in [4.78, 5) is 19.1. The van der Waals surface area contributed by atoms with E-state index in [0.717, 1.165) is 21.5 Å². The molecule has 0 aliphatic rings. The van der Waals surface area contributed by atoms with Crippen molar-refractivity contribution in [2.75, 3.05) is 12.4 Å². The summed E-state index contributed by atoms with van der Waals surface area (Å²) in [6.07, 6.45) is 0. The number of hydrogen-bond donors (Lipinski definition) is 1. The third kappa shape index (κ3) is 3.58. The van der Waals surface area contributed by atoms with Crippen molar-refractivity contribution in [1.29, 1.82) is 0 Å². The second-order valence-corrected chi connectivity index (χ2v) is 7.98. The average molecular weight is 443 g/mol. The van der Waals surface area contributed by atoms with Crippen LogP contribution in [-0.2, 0) is 0 Å². The Balaban J connectivity index is 1.55. The second kappa shape index (κ2) is 8.20. The molecule has 5 rings (SSSR count). The summed E-state index contributed by atoms with van der Waals surface area (Å²) in [5.41, 5.74) is 3.31. The fraction of sp³-hybridized carbons (Fsp3) is 0.0870. The van der Waals surface area contributed by atoms with Crippen molar-refractivity contribution in [3.05, 3.63) is 77.4 Å². The van der Waals surface area contributed by atoms with Gasteiger partial charge in [0.1, 0.15) is 11.4 Å². The van der Waals surface area contributed by atoms with E-state index >= 15 is 0 Å². The van der Waals surface area contributed by atoms with E-state index in [1.165, 1.54) is 0 Å². The minimum atomic E-state index is -0.231. The molecule has 0 fully saturated rings. The molecule has 158 valence electrons. The number of nitrogens with one attached hydrogen (secondary N) is 1. The van der Waals surface area contributed by atoms with Crippen molar-refractivity contribution < 1.29 is 9.53 Å². The first-order valence-electron chi connectivity index (χ1n) is 9.82. The van der Waals surface area contributed by atoms with Gasteiger partial charge in [-0.1, -0.05) is 24.3 Å². The van der Waals surface area contributed by atoms with Gasteiger partial charge in [0, 0.05) is 11.1 Å². The van der Waals surface area contributed by atoms with Gasteiger partial charge in [0.25, 0.3) is 5.91 Å². The number of hydrogen-bond acceptors (Lipinski definition) is 7. The molecular weight excluding hydrogens is 424 g/mol. The highest BCUT2D eigenvalue weighted by Gasteiger charge is 2.17. The van der Waals surface area contributed by atoms with Crippen LogP contribution in [0.15, 0.2) is 66.0 Å². The number of carbonyl (C=O) groups is 1. The molecule has 3 aromatic heterocycles. The number of pyridine rings is 1. The van der Waals surface area contributed by atoms with Gasteiger partial charge >= 0.3 is 0 Å². The summed E-state index contributed by atoms with van der Waals surface area (Å²) in [5.74, 6) is 0.964. The number of para-hydroxylation sites is 1. The molecule has 8 nitrogen and oxygen atoms in total. The quantitative estimate of drug-likeness (QED) is 0.430. The number of rotatable bonds is 5. The van der Waals surface area contributed by atoms with E-state index in [9.17, 15) is 4.79 Å². The number of aromatic nitrogens is 5. The largest absolute Gasteiger partial charge is 0.494 e. The molecule has 1 amide bonds. The maximum atomic E-state index is 13.4. The van der Waals surface area contributed by atoms with E-state index in [0.29, 0.717) is 28.5 Å². The highest BCUT2D eigenvalue weighted by atomic mass is 32.1. The molecule has 0 unspecified atom stereocenters. The zero-order valence-electron chi connectivity index (χ0n) is 17.3. The zero-order chi connectivity index (χ0) is 22.1. The zero-order valence-corrected chi connectivity index (χ0v) is 18.1. The Morgan fingerprint density at radius 3 is 2.72 bits per heavy atom. The van der Waals surface area contributed by atoms with Crippen LogP contribution in [0, 0.1) is 6.92 Å². The molecule has 3 heterocycles. The van der Waals surface area contributed by atoms with Gasteiger partial charge in [0.05, 0.1) is 28.8 Å². The Morgan fingerprint density at radius 2 is 1.97 bits per heavy atom. The summed E-state index contributed by atoms with van der Waals surface area (Å²) in [7, 11) is 1.58. The summed E-state index contributed by atoms with van der Waals surface area (Å²) < 4.78 is 7.01. The first kappa shape index (κ1) is 19.8. The SMILES string of the molecule is COc1ccc(NC(=O)c2cc(-c3cccs3)nc3ccccc23)cc1-n1nnnc1C. The maximum absolute atomic E-state index is 13.4. The third-order valence-corrected chi connectivity index (χ3v) is 5.92. The van der Waals surface area contributed by atoms with E-state index in [-0.39, 0.29) is 5.91 Å². The van der Waals surface area contributed by atoms with Crippen molar-refractivity contribution in [2.24, 2.45) is 0 Å². The van der Waals surface area contributed by atoms with Crippen molar-refractivity contribution in [2.45, 2.75) is 6.92 Å². The van der Waals surface area contributed by atoms with E-state index < -0.39 is 0 Å². The van der Waals surface area contributed by atoms with Crippen molar-refractivity contribution in [3.8, 4) is 22.0 Å². The smallest absolute Gasteiger partial charge is 0.256 e. The van der Waals surface area contributed by atoms with Crippen LogP contribution in [0.4, 0.5) is 5.69 Å². The molecule has 0 aliphatic heterocycles. The number of anilines is 1. The van der Waals surface area contributed by atoms with Crippen LogP contribution >= 0.6 is 11.3 Å². The van der Waals surface area contributed by atoms with Gasteiger partial charge in [-0.05, 0) is 59.1 Å². The van der Waals surface area contributed by atoms with E-state index in [1.54, 1.807) is 48.3 Å². The predicted molar refractivity (Wildman–Crippen MR) is 123 cm³/mol. The molecule has 1 N–H and O–H groups in total. The summed E-state index contributed by atoms with van der Waals surface area (Å²) >= 11 is 1.59. The first-order valence-corrected chi connectivity index (χ1v) is 10.7. The van der Waals surface area contributed by atoms with Crippen LogP contribution in [-0.4, -0.2) is 38.2 Å². The lowest BCUT2D eigenvalue weighted by molar-refractivity contribution is 0.102. The second-order valence-electron chi connectivity index (χ2n) is 7.03. The molecule has 0 atom stereocenters. The number of methoxy groups -OCH3 is 1. The molecule has 0 aliphatic carbocycles. The van der Waals surface area contributed by atoms with Gasteiger partial charge in [-0.2, -0.15) is 4.68 Å². The number of tetrazole rings is 1. The van der Waals surface area contributed by atoms with Crippen LogP contribution in [0.5, 0.6) is 5.75 Å². The molecule has 0 spiro atoms. The lowest BCUT2D eigenvalue weighted by atomic mass is 10.1. The predicted octanol–water partition coefficient (Wildman–Crippen LogP) is 4.51. The lowest BCUT2D eigenvalue weighted by Gasteiger charge is -2.13. The summed E-state index contributed by atoms with van der Waals surface area (Å²) in [5, 5.41) is 17.4. The van der Waals surface area contributed by atoms with Gasteiger partial charge in [0.15, 0.2) is 5.82 Å². The standard InChI is InChI=1S/C23H18N6O2S/c1-14-26-27-28-29(14)20-12-15(9-10-21(20)31-2)24-23(30)17-13-19(22-8-5-11-32-22)25-18-7-4-3-6-16(17)18/h3-13H,1-2H3,(H,24,30). The van der Waals surface area contributed by atoms with Crippen LogP contribution in [0.1, 0.15) is 16.2 Å². The Morgan fingerprint density at radius 1 is 1.09 bits per heavy atom. The Bertz CT molecular complexity index is 1430. The van der Waals surface area contributed by atoms with Gasteiger partial charge < -0.3 is 10.1 Å². The van der Waals surface area contributed by atoms with Gasteiger partial charge in [-0.3, -0.25) is 4.79 Å². The highest BCUT2D eigenvalue weighted by molar-refractivity contribution is 7.13. The van der Waals surface area contributed by atoms with Gasteiger partial charge in [-0.25, -0.2) is 4.98 Å². The Labute approximate surface area is 187 Å². The van der Waals surface area contributed by atoms with Crippen molar-refractivity contribution >= 4 is 33.8 Å². The lowest BCUT2D eigenvalue weighted by Crippen LogP contribution is -2.14. The molecule has 5 aromatic rings. The normalized spacial score (nSPS) is 10.9. The van der Waals surface area contributed by atoms with Crippen LogP contribution in [0.2, 0.25) is 0 Å². The fourth-order valence-corrected chi connectivity index (χ4v) is 4.19. The molecule has 0 radical (unpaired) electrons. The average Bonchev–Trinajstić information content (AvgIpc) is 3.50. The minimum absolute atomic E-state index is 0.231. The van der Waals surface area contributed by atoms with E-state index in [2.05, 4.69) is 20.8 Å². The number of carbonyl (C=O) groups excluding carboxylic acids is 1. The number of thiophene rings is 1. The van der Waals surface area contributed by atoms with Gasteiger partial charge in [0.2, 0.25) is 0 Å². The number of ether oxygens (including phenoxy) is 1. The molecule has 9 heteroatoms. The molecule has 0 saturated heterocycles. The Hall–Kier alpha value is -4.11. The monoisotopic (exact) mass is 442 g/mol. The highest BCUT2D eigenvalue weighted by Crippen LogP contribution is 2.30. The molecule has 0 saturated carbocycles. The van der Waals surface area contributed by atoms with Crippen LogP contribution < -0.4 is 10.1 Å². The first-order chi connectivity index (χ1) is 15.6. The number of nitrogens with zero attached hydrogens (tertiary/aromatic N) is 5. The Kier molecular flexibility index (Phi) is 5.08. The topological polar surface area (TPSA) is 94.8 Å². The molecular formula is C23H18N6O2S. The fourth-order valence-electron chi connectivity index (χ4n) is 3.50. The van der Waals surface area contributed by atoms with Gasteiger partial charge in [-0.15, -0.1) is 16.4 Å². The van der Waals surface area contributed by atoms with Crippen molar-refractivity contribution in [1.82, 2.24) is 25.2 Å². The molecule has 2 aromatic carbocycles. The maximum Gasteiger partial charge on any atom is 0.256 e. The van der Waals surface area contributed by atoms with E-state index in [4.69, 9.17) is 9.72 Å². The van der Waals surface area contributed by atoms with E-state index in [1.807, 2.05) is 47.8 Å². The number of aryl methyl sites for hydroxylation is 1. The molecule has 32 heavy (non-hydrogen) atoms. The number of benzene rings is 2. The number of amides is 1. The molecule has 0 bridgehead atoms.